The predicted molar refractivity (Wildman–Crippen MR) is 76.3 cm³/mol. The lowest BCUT2D eigenvalue weighted by Gasteiger charge is -2.26. The fourth-order valence-electron chi connectivity index (χ4n) is 1.75. The molecular formula is C13H26N2OS. The Morgan fingerprint density at radius 1 is 1.47 bits per heavy atom. The summed E-state index contributed by atoms with van der Waals surface area (Å²) in [4.78, 5) is 2.38. The lowest BCUT2D eigenvalue weighted by atomic mass is 10.1. The van der Waals surface area contributed by atoms with Gasteiger partial charge in [0, 0.05) is 32.8 Å². The van der Waals surface area contributed by atoms with Gasteiger partial charge < -0.3 is 15.0 Å². The van der Waals surface area contributed by atoms with Crippen molar-refractivity contribution in [2.24, 2.45) is 5.92 Å². The number of nitrogens with zero attached hydrogens (tertiary/aromatic N) is 1. The first-order chi connectivity index (χ1) is 8.15. The first-order valence-electron chi connectivity index (χ1n) is 6.68. The molecule has 0 aromatic heterocycles. The van der Waals surface area contributed by atoms with Gasteiger partial charge in [-0.2, -0.15) is 0 Å². The number of ether oxygens (including phenoxy) is 1. The lowest BCUT2D eigenvalue weighted by Crippen LogP contribution is -2.42. The molecule has 4 heteroatoms. The third kappa shape index (κ3) is 6.22. The Morgan fingerprint density at radius 3 is 2.71 bits per heavy atom. The van der Waals surface area contributed by atoms with Crippen LogP contribution in [0.25, 0.3) is 0 Å². The molecule has 0 heterocycles. The maximum absolute atomic E-state index is 5.47. The largest absolute Gasteiger partial charge is 0.385 e. The number of thiocarbonyl (C=S) groups is 1. The van der Waals surface area contributed by atoms with E-state index in [-0.39, 0.29) is 0 Å². The van der Waals surface area contributed by atoms with E-state index in [2.05, 4.69) is 24.1 Å². The van der Waals surface area contributed by atoms with Gasteiger partial charge in [-0.25, -0.2) is 0 Å². The van der Waals surface area contributed by atoms with Gasteiger partial charge >= 0.3 is 0 Å². The maximum Gasteiger partial charge on any atom is 0.169 e. The van der Waals surface area contributed by atoms with Crippen molar-refractivity contribution in [3.63, 3.8) is 0 Å². The molecule has 0 amide bonds. The molecule has 17 heavy (non-hydrogen) atoms. The second-order valence-corrected chi connectivity index (χ2v) is 5.57. The summed E-state index contributed by atoms with van der Waals surface area (Å²) >= 11 is 5.47. The van der Waals surface area contributed by atoms with E-state index >= 15 is 0 Å². The highest BCUT2D eigenvalue weighted by Crippen LogP contribution is 2.27. The summed E-state index contributed by atoms with van der Waals surface area (Å²) in [5.74, 6) is 0.743. The van der Waals surface area contributed by atoms with E-state index in [4.69, 9.17) is 17.0 Å². The van der Waals surface area contributed by atoms with Crippen molar-refractivity contribution in [1.82, 2.24) is 10.2 Å². The summed E-state index contributed by atoms with van der Waals surface area (Å²) in [6, 6.07) is 0.705. The van der Waals surface area contributed by atoms with Crippen molar-refractivity contribution in [1.29, 1.82) is 0 Å². The zero-order valence-electron chi connectivity index (χ0n) is 11.4. The molecule has 1 aliphatic rings. The van der Waals surface area contributed by atoms with Crippen LogP contribution in [0.2, 0.25) is 0 Å². The molecule has 0 saturated heterocycles. The number of methoxy groups -OCH3 is 1. The molecule has 1 aliphatic carbocycles. The van der Waals surface area contributed by atoms with Crippen molar-refractivity contribution in [2.45, 2.75) is 45.6 Å². The van der Waals surface area contributed by atoms with E-state index in [0.717, 1.165) is 37.1 Å². The maximum atomic E-state index is 5.47. The highest BCUT2D eigenvalue weighted by Gasteiger charge is 2.30. The van der Waals surface area contributed by atoms with Gasteiger partial charge in [0.2, 0.25) is 0 Å². The molecule has 0 aliphatic heterocycles. The molecule has 0 spiro atoms. The van der Waals surface area contributed by atoms with Crippen molar-refractivity contribution in [3.05, 3.63) is 0 Å². The minimum absolute atomic E-state index is 0.705. The molecule has 0 unspecified atom stereocenters. The van der Waals surface area contributed by atoms with Crippen LogP contribution >= 0.6 is 12.2 Å². The van der Waals surface area contributed by atoms with Gasteiger partial charge in [0.05, 0.1) is 0 Å². The Morgan fingerprint density at radius 2 is 2.18 bits per heavy atom. The van der Waals surface area contributed by atoms with Crippen molar-refractivity contribution in [2.75, 3.05) is 26.8 Å². The van der Waals surface area contributed by atoms with Crippen LogP contribution in [0.3, 0.4) is 0 Å². The zero-order chi connectivity index (χ0) is 12.7. The van der Waals surface area contributed by atoms with E-state index in [9.17, 15) is 0 Å². The van der Waals surface area contributed by atoms with E-state index in [1.54, 1.807) is 7.11 Å². The first-order valence-corrected chi connectivity index (χ1v) is 7.09. The van der Waals surface area contributed by atoms with Crippen molar-refractivity contribution < 1.29 is 4.74 Å². The van der Waals surface area contributed by atoms with Crippen molar-refractivity contribution >= 4 is 17.3 Å². The molecule has 1 fully saturated rings. The van der Waals surface area contributed by atoms with Crippen LogP contribution in [-0.4, -0.2) is 42.9 Å². The standard InChI is InChI=1S/C13H26N2OS/c1-11(2)7-9-15(12-5-6-12)13(17)14-8-4-10-16-3/h11-12H,4-10H2,1-3H3,(H,14,17). The van der Waals surface area contributed by atoms with Gasteiger partial charge in [0.1, 0.15) is 0 Å². The van der Waals surface area contributed by atoms with E-state index < -0.39 is 0 Å². The number of rotatable bonds is 8. The van der Waals surface area contributed by atoms with Crippen LogP contribution in [-0.2, 0) is 4.74 Å². The highest BCUT2D eigenvalue weighted by atomic mass is 32.1. The predicted octanol–water partition coefficient (Wildman–Crippen LogP) is 2.41. The number of hydrogen-bond donors (Lipinski definition) is 1. The van der Waals surface area contributed by atoms with E-state index in [0.29, 0.717) is 6.04 Å². The van der Waals surface area contributed by atoms with Crippen LogP contribution in [0, 0.1) is 5.92 Å². The van der Waals surface area contributed by atoms with Crippen LogP contribution in [0.5, 0.6) is 0 Å². The summed E-state index contributed by atoms with van der Waals surface area (Å²) in [6.07, 6.45) is 4.84. The molecule has 0 bridgehead atoms. The molecule has 100 valence electrons. The molecule has 1 saturated carbocycles. The molecule has 0 aromatic rings. The molecule has 1 rings (SSSR count). The average Bonchev–Trinajstić information content (AvgIpc) is 3.08. The topological polar surface area (TPSA) is 24.5 Å². The minimum Gasteiger partial charge on any atom is -0.385 e. The molecule has 0 radical (unpaired) electrons. The lowest BCUT2D eigenvalue weighted by molar-refractivity contribution is 0.195. The normalized spacial score (nSPS) is 15.1. The summed E-state index contributed by atoms with van der Waals surface area (Å²) in [5, 5.41) is 4.27. The summed E-state index contributed by atoms with van der Waals surface area (Å²) in [6.45, 7) is 7.33. The Balaban J connectivity index is 2.23. The summed E-state index contributed by atoms with van der Waals surface area (Å²) in [5.41, 5.74) is 0. The van der Waals surface area contributed by atoms with Crippen LogP contribution in [0.1, 0.15) is 39.5 Å². The van der Waals surface area contributed by atoms with Gasteiger partial charge in [-0.3, -0.25) is 0 Å². The van der Waals surface area contributed by atoms with Gasteiger partial charge in [0.15, 0.2) is 5.11 Å². The zero-order valence-corrected chi connectivity index (χ0v) is 12.2. The number of hydrogen-bond acceptors (Lipinski definition) is 2. The Hall–Kier alpha value is -0.350. The Labute approximate surface area is 111 Å². The molecular weight excluding hydrogens is 232 g/mol. The van der Waals surface area contributed by atoms with Crippen LogP contribution in [0.4, 0.5) is 0 Å². The Kier molecular flexibility index (Phi) is 6.82. The van der Waals surface area contributed by atoms with Gasteiger partial charge in [-0.1, -0.05) is 13.8 Å². The van der Waals surface area contributed by atoms with E-state index in [1.165, 1.54) is 19.3 Å². The SMILES string of the molecule is COCCCNC(=S)N(CCC(C)C)C1CC1. The molecule has 1 N–H and O–H groups in total. The van der Waals surface area contributed by atoms with Gasteiger partial charge in [-0.15, -0.1) is 0 Å². The van der Waals surface area contributed by atoms with Crippen LogP contribution < -0.4 is 5.32 Å². The number of nitrogens with one attached hydrogen (secondary N) is 1. The smallest absolute Gasteiger partial charge is 0.169 e. The summed E-state index contributed by atoms with van der Waals surface area (Å²) in [7, 11) is 1.73. The van der Waals surface area contributed by atoms with Gasteiger partial charge in [0.25, 0.3) is 0 Å². The quantitative estimate of drug-likeness (QED) is 0.534. The summed E-state index contributed by atoms with van der Waals surface area (Å²) < 4.78 is 5.03. The fraction of sp³-hybridized carbons (Fsp3) is 0.923. The second-order valence-electron chi connectivity index (χ2n) is 5.19. The average molecular weight is 258 g/mol. The van der Waals surface area contributed by atoms with E-state index in [1.807, 2.05) is 0 Å². The second kappa shape index (κ2) is 7.88. The first kappa shape index (κ1) is 14.7. The monoisotopic (exact) mass is 258 g/mol. The van der Waals surface area contributed by atoms with Crippen LogP contribution in [0.15, 0.2) is 0 Å². The van der Waals surface area contributed by atoms with Gasteiger partial charge in [-0.05, 0) is 43.8 Å². The molecule has 0 atom stereocenters. The minimum atomic E-state index is 0.705. The third-order valence-electron chi connectivity index (χ3n) is 3.00. The fourth-order valence-corrected chi connectivity index (χ4v) is 2.09. The Bertz CT molecular complexity index is 229. The molecule has 0 aromatic carbocycles. The molecule has 3 nitrogen and oxygen atoms in total. The van der Waals surface area contributed by atoms with Crippen molar-refractivity contribution in [3.8, 4) is 0 Å². The third-order valence-corrected chi connectivity index (χ3v) is 3.38. The highest BCUT2D eigenvalue weighted by molar-refractivity contribution is 7.80.